The third kappa shape index (κ3) is 3.64. The van der Waals surface area contributed by atoms with E-state index in [0.717, 1.165) is 31.6 Å². The number of halogens is 1. The van der Waals surface area contributed by atoms with Gasteiger partial charge in [-0.15, -0.1) is 5.10 Å². The molecule has 1 aromatic carbocycles. The molecule has 3 aromatic rings. The van der Waals surface area contributed by atoms with E-state index in [2.05, 4.69) is 47.6 Å². The molecule has 2 aliphatic heterocycles. The van der Waals surface area contributed by atoms with Crippen molar-refractivity contribution in [1.29, 1.82) is 10.5 Å². The number of anilines is 4. The van der Waals surface area contributed by atoms with Crippen LogP contribution in [0.3, 0.4) is 0 Å². The van der Waals surface area contributed by atoms with Gasteiger partial charge in [0.15, 0.2) is 17.2 Å². The predicted octanol–water partition coefficient (Wildman–Crippen LogP) is 1.70. The van der Waals surface area contributed by atoms with Crippen molar-refractivity contribution in [3.63, 3.8) is 0 Å². The molecule has 0 bridgehead atoms. The third-order valence-electron chi connectivity index (χ3n) is 6.43. The van der Waals surface area contributed by atoms with Crippen LogP contribution in [-0.2, 0) is 0 Å². The zero-order valence-corrected chi connectivity index (χ0v) is 18.9. The van der Waals surface area contributed by atoms with Crippen molar-refractivity contribution in [3.8, 4) is 12.1 Å². The molecule has 4 heterocycles. The number of nitrogens with one attached hydrogen (secondary N) is 2. The highest BCUT2D eigenvalue weighted by molar-refractivity contribution is 6.36. The maximum Gasteiger partial charge on any atom is 0.247 e. The van der Waals surface area contributed by atoms with Crippen LogP contribution in [-0.4, -0.2) is 74.0 Å². The van der Waals surface area contributed by atoms with Gasteiger partial charge in [-0.1, -0.05) is 11.6 Å². The van der Waals surface area contributed by atoms with Crippen LogP contribution < -0.4 is 15.5 Å². The van der Waals surface area contributed by atoms with Gasteiger partial charge in [-0.25, -0.2) is 4.98 Å². The van der Waals surface area contributed by atoms with Gasteiger partial charge in [0.05, 0.1) is 40.3 Å². The molecule has 172 valence electrons. The van der Waals surface area contributed by atoms with Gasteiger partial charge in [0.1, 0.15) is 6.07 Å². The zero-order chi connectivity index (χ0) is 23.4. The van der Waals surface area contributed by atoms with E-state index < -0.39 is 0 Å². The monoisotopic (exact) mass is 476 g/mol. The zero-order valence-electron chi connectivity index (χ0n) is 18.1. The van der Waals surface area contributed by atoms with E-state index in [1.807, 2.05) is 0 Å². The van der Waals surface area contributed by atoms with Gasteiger partial charge in [-0.2, -0.15) is 20.0 Å². The number of rotatable bonds is 6. The number of nitrogens with zero attached hydrogens (tertiary/aromatic N) is 8. The molecule has 11 nitrogen and oxygen atoms in total. The summed E-state index contributed by atoms with van der Waals surface area (Å²) in [7, 11) is 0. The Morgan fingerprint density at radius 1 is 1.12 bits per heavy atom. The third-order valence-corrected chi connectivity index (χ3v) is 6.83. The van der Waals surface area contributed by atoms with E-state index >= 15 is 0 Å². The number of nitriles is 2. The molecular formula is C22H21ClN10O. The molecule has 1 saturated carbocycles. The quantitative estimate of drug-likeness (QED) is 0.481. The average Bonchev–Trinajstić information content (AvgIpc) is 3.49. The molecule has 0 atom stereocenters. The van der Waals surface area contributed by atoms with Crippen LogP contribution >= 0.6 is 11.6 Å². The van der Waals surface area contributed by atoms with Crippen LogP contribution in [0, 0.1) is 22.7 Å². The summed E-state index contributed by atoms with van der Waals surface area (Å²) in [5.41, 5.74) is 2.50. The van der Waals surface area contributed by atoms with Crippen LogP contribution in [0.15, 0.2) is 18.3 Å². The van der Waals surface area contributed by atoms with Gasteiger partial charge in [0.25, 0.3) is 0 Å². The van der Waals surface area contributed by atoms with Gasteiger partial charge in [-0.3, -0.25) is 4.90 Å². The number of hydrogen-bond acceptors (Lipinski definition) is 10. The minimum atomic E-state index is -0.232. The Morgan fingerprint density at radius 2 is 1.91 bits per heavy atom. The second-order valence-corrected chi connectivity index (χ2v) is 9.33. The fourth-order valence-electron chi connectivity index (χ4n) is 4.31. The van der Waals surface area contributed by atoms with Crippen molar-refractivity contribution in [1.82, 2.24) is 24.5 Å². The number of likely N-dealkylation sites (tertiary alicyclic amines) is 1. The lowest BCUT2D eigenvalue weighted by atomic mass is 10.00. The lowest BCUT2D eigenvalue weighted by Crippen LogP contribution is -2.66. The molecule has 3 N–H and O–H groups in total. The first-order chi connectivity index (χ1) is 16.5. The first kappa shape index (κ1) is 20.9. The summed E-state index contributed by atoms with van der Waals surface area (Å²) in [5.74, 6) is 0.778. The van der Waals surface area contributed by atoms with E-state index in [0.29, 0.717) is 58.6 Å². The van der Waals surface area contributed by atoms with Crippen molar-refractivity contribution in [2.45, 2.75) is 31.0 Å². The van der Waals surface area contributed by atoms with Crippen LogP contribution in [0.2, 0.25) is 5.02 Å². The molecule has 0 radical (unpaired) electrons. The molecule has 6 rings (SSSR count). The number of imidazole rings is 1. The maximum absolute atomic E-state index is 9.60. The normalized spacial score (nSPS) is 18.8. The van der Waals surface area contributed by atoms with E-state index in [9.17, 15) is 15.6 Å². The Bertz CT molecular complexity index is 1360. The number of fused-ring (bicyclic) bond motifs is 1. The molecule has 0 unspecified atom stereocenters. The molecule has 1 aliphatic carbocycles. The van der Waals surface area contributed by atoms with Crippen molar-refractivity contribution in [2.75, 3.05) is 41.7 Å². The Morgan fingerprint density at radius 3 is 2.59 bits per heavy atom. The summed E-state index contributed by atoms with van der Waals surface area (Å²) in [6, 6.07) is 8.43. The Hall–Kier alpha value is -3.64. The lowest BCUT2D eigenvalue weighted by Gasteiger charge is -2.51. The van der Waals surface area contributed by atoms with Gasteiger partial charge in [0, 0.05) is 38.3 Å². The molecule has 0 spiro atoms. The SMILES string of the molecule is N#Cc1cc(Nc2nc(NC3CC3)c3ncc(C#N)n3n2)c(Cl)c(N2CC(N3CC(O)C3)C2)c1. The highest BCUT2D eigenvalue weighted by Gasteiger charge is 2.39. The Kier molecular flexibility index (Phi) is 4.92. The van der Waals surface area contributed by atoms with Crippen LogP contribution in [0.1, 0.15) is 24.1 Å². The number of aliphatic hydroxyl groups excluding tert-OH is 1. The molecule has 3 aliphatic rings. The summed E-state index contributed by atoms with van der Waals surface area (Å²) >= 11 is 6.77. The molecule has 34 heavy (non-hydrogen) atoms. The van der Waals surface area contributed by atoms with E-state index in [1.165, 1.54) is 10.7 Å². The fourth-order valence-corrected chi connectivity index (χ4v) is 4.59. The minimum Gasteiger partial charge on any atom is -0.390 e. The second-order valence-electron chi connectivity index (χ2n) is 8.95. The van der Waals surface area contributed by atoms with Crippen LogP contribution in [0.4, 0.5) is 23.1 Å². The summed E-state index contributed by atoms with van der Waals surface area (Å²) < 4.78 is 1.45. The van der Waals surface area contributed by atoms with Gasteiger partial charge in [0.2, 0.25) is 5.95 Å². The first-order valence-corrected chi connectivity index (χ1v) is 11.5. The number of hydrogen-bond donors (Lipinski definition) is 3. The van der Waals surface area contributed by atoms with E-state index in [-0.39, 0.29) is 12.1 Å². The Labute approximate surface area is 200 Å². The number of β-amino-alcohol motifs (C(OH)–C–C–N with tert-alkyl or cyclic N) is 1. The molecule has 2 saturated heterocycles. The minimum absolute atomic E-state index is 0.232. The molecular weight excluding hydrogens is 456 g/mol. The van der Waals surface area contributed by atoms with Crippen molar-refractivity contribution >= 4 is 40.4 Å². The number of aliphatic hydroxyl groups is 1. The highest BCUT2D eigenvalue weighted by atomic mass is 35.5. The summed E-state index contributed by atoms with van der Waals surface area (Å²) in [4.78, 5) is 13.2. The largest absolute Gasteiger partial charge is 0.390 e. The van der Waals surface area contributed by atoms with Crippen LogP contribution in [0.25, 0.3) is 5.65 Å². The number of benzene rings is 1. The van der Waals surface area contributed by atoms with Crippen molar-refractivity contribution in [2.24, 2.45) is 0 Å². The van der Waals surface area contributed by atoms with Crippen molar-refractivity contribution in [3.05, 3.63) is 34.6 Å². The highest BCUT2D eigenvalue weighted by Crippen LogP contribution is 2.39. The Balaban J connectivity index is 1.31. The summed E-state index contributed by atoms with van der Waals surface area (Å²) in [6.45, 7) is 2.96. The number of aromatic nitrogens is 4. The van der Waals surface area contributed by atoms with Gasteiger partial charge in [-0.05, 0) is 25.0 Å². The topological polar surface area (TPSA) is 141 Å². The van der Waals surface area contributed by atoms with Gasteiger partial charge >= 0.3 is 0 Å². The van der Waals surface area contributed by atoms with Crippen molar-refractivity contribution < 1.29 is 5.11 Å². The first-order valence-electron chi connectivity index (χ1n) is 11.1. The molecule has 2 aromatic heterocycles. The molecule has 12 heteroatoms. The molecule has 0 amide bonds. The van der Waals surface area contributed by atoms with Crippen LogP contribution in [0.5, 0.6) is 0 Å². The lowest BCUT2D eigenvalue weighted by molar-refractivity contribution is -0.0311. The standard InChI is InChI=1S/C22H21ClN10O/c23-19-17(3-12(5-24)4-18(19)32-8-15(9-32)31-10-16(34)11-31)28-22-29-20(27-13-1-2-13)21-26-7-14(6-25)33(21)30-22/h3-4,7,13,15-16,34H,1-2,8-11H2,(H2,27,28,29,30). The second kappa shape index (κ2) is 7.99. The smallest absolute Gasteiger partial charge is 0.247 e. The average molecular weight is 477 g/mol. The summed E-state index contributed by atoms with van der Waals surface area (Å²) in [5, 5.41) is 40.0. The predicted molar refractivity (Wildman–Crippen MR) is 125 cm³/mol. The maximum atomic E-state index is 9.60. The van der Waals surface area contributed by atoms with E-state index in [1.54, 1.807) is 12.1 Å². The summed E-state index contributed by atoms with van der Waals surface area (Å²) in [6.07, 6.45) is 3.34. The fraction of sp³-hybridized carbons (Fsp3) is 0.409. The molecule has 3 fully saturated rings. The van der Waals surface area contributed by atoms with E-state index in [4.69, 9.17) is 11.6 Å². The van der Waals surface area contributed by atoms with Gasteiger partial charge < -0.3 is 20.6 Å².